The molecule has 0 saturated carbocycles. The SMILES string of the molecule is COc1cc(C)c(Br)c(CC2CCNCC2)c1OC. The van der Waals surface area contributed by atoms with Crippen molar-refractivity contribution in [1.82, 2.24) is 5.32 Å². The number of methoxy groups -OCH3 is 2. The summed E-state index contributed by atoms with van der Waals surface area (Å²) in [4.78, 5) is 0. The number of hydrogen-bond acceptors (Lipinski definition) is 3. The highest BCUT2D eigenvalue weighted by molar-refractivity contribution is 9.10. The number of benzene rings is 1. The van der Waals surface area contributed by atoms with Gasteiger partial charge in [-0.1, -0.05) is 15.9 Å². The van der Waals surface area contributed by atoms with Crippen LogP contribution >= 0.6 is 15.9 Å². The number of ether oxygens (including phenoxy) is 2. The lowest BCUT2D eigenvalue weighted by atomic mass is 9.90. The second-order valence-corrected chi connectivity index (χ2v) is 5.91. The molecule has 0 unspecified atom stereocenters. The molecule has 1 aromatic carbocycles. The summed E-state index contributed by atoms with van der Waals surface area (Å²) >= 11 is 3.71. The van der Waals surface area contributed by atoms with E-state index in [1.165, 1.54) is 24.0 Å². The minimum Gasteiger partial charge on any atom is -0.493 e. The molecule has 0 bridgehead atoms. The van der Waals surface area contributed by atoms with Gasteiger partial charge in [-0.15, -0.1) is 0 Å². The Hall–Kier alpha value is -0.740. The summed E-state index contributed by atoms with van der Waals surface area (Å²) in [5.74, 6) is 2.42. The molecule has 0 aliphatic carbocycles. The van der Waals surface area contributed by atoms with Crippen LogP contribution in [0.15, 0.2) is 10.5 Å². The Kier molecular flexibility index (Phi) is 5.11. The van der Waals surface area contributed by atoms with Gasteiger partial charge in [-0.3, -0.25) is 0 Å². The first kappa shape index (κ1) is 14.7. The average molecular weight is 328 g/mol. The number of piperidine rings is 1. The standard InChI is InChI=1S/C15H22BrNO2/c1-10-8-13(18-2)15(19-3)12(14(10)16)9-11-4-6-17-7-5-11/h8,11,17H,4-7,9H2,1-3H3. The summed E-state index contributed by atoms with van der Waals surface area (Å²) in [5, 5.41) is 3.41. The van der Waals surface area contributed by atoms with Crippen molar-refractivity contribution in [3.63, 3.8) is 0 Å². The molecule has 106 valence electrons. The van der Waals surface area contributed by atoms with E-state index in [0.29, 0.717) is 0 Å². The molecule has 0 aromatic heterocycles. The summed E-state index contributed by atoms with van der Waals surface area (Å²) in [6.07, 6.45) is 3.50. The molecule has 0 spiro atoms. The zero-order valence-electron chi connectivity index (χ0n) is 11.9. The van der Waals surface area contributed by atoms with Crippen molar-refractivity contribution in [3.05, 3.63) is 21.7 Å². The molecular formula is C15H22BrNO2. The van der Waals surface area contributed by atoms with E-state index in [2.05, 4.69) is 28.2 Å². The topological polar surface area (TPSA) is 30.5 Å². The molecule has 1 fully saturated rings. The van der Waals surface area contributed by atoms with E-state index in [0.717, 1.165) is 41.4 Å². The van der Waals surface area contributed by atoms with Gasteiger partial charge in [0.2, 0.25) is 0 Å². The summed E-state index contributed by atoms with van der Waals surface area (Å²) in [6.45, 7) is 4.33. The van der Waals surface area contributed by atoms with Crippen LogP contribution in [0.3, 0.4) is 0 Å². The molecule has 1 aromatic rings. The van der Waals surface area contributed by atoms with Gasteiger partial charge in [0.1, 0.15) is 0 Å². The van der Waals surface area contributed by atoms with E-state index in [9.17, 15) is 0 Å². The van der Waals surface area contributed by atoms with E-state index in [-0.39, 0.29) is 0 Å². The lowest BCUT2D eigenvalue weighted by Crippen LogP contribution is -2.28. The van der Waals surface area contributed by atoms with Crippen molar-refractivity contribution in [1.29, 1.82) is 0 Å². The van der Waals surface area contributed by atoms with Gasteiger partial charge in [0.25, 0.3) is 0 Å². The highest BCUT2D eigenvalue weighted by Gasteiger charge is 2.21. The first-order valence-electron chi connectivity index (χ1n) is 6.78. The van der Waals surface area contributed by atoms with Gasteiger partial charge >= 0.3 is 0 Å². The Bertz CT molecular complexity index is 442. The Labute approximate surface area is 123 Å². The van der Waals surface area contributed by atoms with Crippen molar-refractivity contribution in [2.45, 2.75) is 26.2 Å². The molecular weight excluding hydrogens is 306 g/mol. The largest absolute Gasteiger partial charge is 0.493 e. The van der Waals surface area contributed by atoms with Crippen LogP contribution in [0.1, 0.15) is 24.0 Å². The van der Waals surface area contributed by atoms with Crippen molar-refractivity contribution in [2.75, 3.05) is 27.3 Å². The molecule has 1 heterocycles. The average Bonchev–Trinajstić information content (AvgIpc) is 2.44. The highest BCUT2D eigenvalue weighted by atomic mass is 79.9. The normalized spacial score (nSPS) is 16.4. The number of halogens is 1. The number of hydrogen-bond donors (Lipinski definition) is 1. The van der Waals surface area contributed by atoms with E-state index >= 15 is 0 Å². The van der Waals surface area contributed by atoms with Crippen LogP contribution in [0.2, 0.25) is 0 Å². The monoisotopic (exact) mass is 327 g/mol. The zero-order chi connectivity index (χ0) is 13.8. The third-order valence-corrected chi connectivity index (χ3v) is 4.94. The third kappa shape index (κ3) is 3.23. The van der Waals surface area contributed by atoms with Crippen molar-refractivity contribution in [3.8, 4) is 11.5 Å². The first-order valence-corrected chi connectivity index (χ1v) is 7.57. The number of rotatable bonds is 4. The van der Waals surface area contributed by atoms with Crippen LogP contribution < -0.4 is 14.8 Å². The van der Waals surface area contributed by atoms with E-state index < -0.39 is 0 Å². The summed E-state index contributed by atoms with van der Waals surface area (Å²) in [6, 6.07) is 2.02. The van der Waals surface area contributed by atoms with Gasteiger partial charge in [0, 0.05) is 10.0 Å². The molecule has 3 nitrogen and oxygen atoms in total. The summed E-state index contributed by atoms with van der Waals surface area (Å²) in [7, 11) is 3.41. The van der Waals surface area contributed by atoms with Gasteiger partial charge in [0.15, 0.2) is 11.5 Å². The van der Waals surface area contributed by atoms with Crippen LogP contribution in [-0.4, -0.2) is 27.3 Å². The van der Waals surface area contributed by atoms with Crippen LogP contribution in [0, 0.1) is 12.8 Å². The van der Waals surface area contributed by atoms with E-state index in [1.807, 2.05) is 6.07 Å². The number of nitrogens with one attached hydrogen (secondary N) is 1. The second-order valence-electron chi connectivity index (χ2n) is 5.12. The zero-order valence-corrected chi connectivity index (χ0v) is 13.5. The van der Waals surface area contributed by atoms with Crippen molar-refractivity contribution in [2.24, 2.45) is 5.92 Å². The first-order chi connectivity index (χ1) is 9.17. The summed E-state index contributed by atoms with van der Waals surface area (Å²) in [5.41, 5.74) is 2.44. The predicted octanol–water partition coefficient (Wildman–Crippen LogP) is 3.32. The maximum absolute atomic E-state index is 5.57. The fourth-order valence-corrected chi connectivity index (χ4v) is 3.20. The second kappa shape index (κ2) is 6.62. The predicted molar refractivity (Wildman–Crippen MR) is 81.3 cm³/mol. The van der Waals surface area contributed by atoms with Crippen molar-refractivity contribution < 1.29 is 9.47 Å². The molecule has 0 atom stereocenters. The lowest BCUT2D eigenvalue weighted by Gasteiger charge is -2.25. The Balaban J connectivity index is 2.33. The smallest absolute Gasteiger partial charge is 0.165 e. The van der Waals surface area contributed by atoms with Gasteiger partial charge in [0.05, 0.1) is 14.2 Å². The maximum atomic E-state index is 5.57. The quantitative estimate of drug-likeness (QED) is 0.920. The minimum absolute atomic E-state index is 0.720. The third-order valence-electron chi connectivity index (χ3n) is 3.83. The van der Waals surface area contributed by atoms with Crippen LogP contribution in [-0.2, 0) is 6.42 Å². The van der Waals surface area contributed by atoms with Crippen LogP contribution in [0.4, 0.5) is 0 Å². The Morgan fingerprint density at radius 1 is 1.26 bits per heavy atom. The summed E-state index contributed by atoms with van der Waals surface area (Å²) < 4.78 is 12.2. The van der Waals surface area contributed by atoms with E-state index in [1.54, 1.807) is 14.2 Å². The highest BCUT2D eigenvalue weighted by Crippen LogP contribution is 2.40. The Morgan fingerprint density at radius 3 is 2.53 bits per heavy atom. The number of aryl methyl sites for hydroxylation is 1. The molecule has 0 amide bonds. The van der Waals surface area contributed by atoms with E-state index in [4.69, 9.17) is 9.47 Å². The Morgan fingerprint density at radius 2 is 1.95 bits per heavy atom. The molecule has 1 saturated heterocycles. The molecule has 1 aliphatic heterocycles. The van der Waals surface area contributed by atoms with Crippen LogP contribution in [0.5, 0.6) is 11.5 Å². The maximum Gasteiger partial charge on any atom is 0.165 e. The van der Waals surface area contributed by atoms with Crippen LogP contribution in [0.25, 0.3) is 0 Å². The molecule has 1 N–H and O–H groups in total. The lowest BCUT2D eigenvalue weighted by molar-refractivity contribution is 0.338. The van der Waals surface area contributed by atoms with Gasteiger partial charge < -0.3 is 14.8 Å². The van der Waals surface area contributed by atoms with Gasteiger partial charge in [-0.05, 0) is 56.8 Å². The fourth-order valence-electron chi connectivity index (χ4n) is 2.74. The van der Waals surface area contributed by atoms with Gasteiger partial charge in [-0.2, -0.15) is 0 Å². The molecule has 0 radical (unpaired) electrons. The van der Waals surface area contributed by atoms with Gasteiger partial charge in [-0.25, -0.2) is 0 Å². The van der Waals surface area contributed by atoms with Crippen molar-refractivity contribution >= 4 is 15.9 Å². The molecule has 19 heavy (non-hydrogen) atoms. The minimum atomic E-state index is 0.720. The molecule has 1 aliphatic rings. The molecule has 4 heteroatoms. The molecule has 2 rings (SSSR count). The fraction of sp³-hybridized carbons (Fsp3) is 0.600.